The van der Waals surface area contributed by atoms with Gasteiger partial charge in [0.05, 0.1) is 11.1 Å². The third kappa shape index (κ3) is 2.74. The molecule has 2 fully saturated rings. The van der Waals surface area contributed by atoms with Gasteiger partial charge < -0.3 is 10.0 Å². The first-order valence-electron chi connectivity index (χ1n) is 7.29. The van der Waals surface area contributed by atoms with Crippen LogP contribution in [-0.2, 0) is 4.79 Å². The lowest BCUT2D eigenvalue weighted by atomic mass is 9.84. The molecule has 3 rings (SSSR count). The molecular formula is C14H19N3O3S. The SMILES string of the molecule is CCC1(C(=O)O)CCN(C(=O)Nc2nc(C3CC3)cs2)C1. The molecule has 0 bridgehead atoms. The summed E-state index contributed by atoms with van der Waals surface area (Å²) in [4.78, 5) is 29.6. The summed E-state index contributed by atoms with van der Waals surface area (Å²) in [5.74, 6) is -0.246. The van der Waals surface area contributed by atoms with Crippen LogP contribution in [0.5, 0.6) is 0 Å². The fourth-order valence-electron chi connectivity index (χ4n) is 2.74. The Balaban J connectivity index is 1.61. The van der Waals surface area contributed by atoms with Crippen LogP contribution in [0.1, 0.15) is 44.2 Å². The molecule has 7 heteroatoms. The van der Waals surface area contributed by atoms with E-state index in [0.29, 0.717) is 30.4 Å². The molecule has 6 nitrogen and oxygen atoms in total. The van der Waals surface area contributed by atoms with Gasteiger partial charge in [-0.15, -0.1) is 11.3 Å². The molecule has 1 aromatic heterocycles. The highest BCUT2D eigenvalue weighted by molar-refractivity contribution is 7.13. The van der Waals surface area contributed by atoms with E-state index in [9.17, 15) is 14.7 Å². The summed E-state index contributed by atoms with van der Waals surface area (Å²) in [6.07, 6.45) is 3.41. The van der Waals surface area contributed by atoms with Crippen LogP contribution in [0.3, 0.4) is 0 Å². The van der Waals surface area contributed by atoms with Crippen LogP contribution in [0.25, 0.3) is 0 Å². The molecule has 2 amide bonds. The van der Waals surface area contributed by atoms with E-state index < -0.39 is 11.4 Å². The van der Waals surface area contributed by atoms with Gasteiger partial charge in [0, 0.05) is 24.4 Å². The number of thiazole rings is 1. The zero-order valence-corrected chi connectivity index (χ0v) is 12.8. The zero-order chi connectivity index (χ0) is 15.0. The van der Waals surface area contributed by atoms with Crippen LogP contribution in [0.15, 0.2) is 5.38 Å². The molecule has 0 spiro atoms. The number of aliphatic carboxylic acids is 1. The summed E-state index contributed by atoms with van der Waals surface area (Å²) < 4.78 is 0. The summed E-state index contributed by atoms with van der Waals surface area (Å²) in [7, 11) is 0. The number of carboxylic acid groups (broad SMARTS) is 1. The molecule has 0 radical (unpaired) electrons. The Hall–Kier alpha value is -1.63. The monoisotopic (exact) mass is 309 g/mol. The second-order valence-electron chi connectivity index (χ2n) is 5.89. The molecule has 1 saturated carbocycles. The lowest BCUT2D eigenvalue weighted by molar-refractivity contribution is -0.148. The molecule has 21 heavy (non-hydrogen) atoms. The largest absolute Gasteiger partial charge is 0.481 e. The van der Waals surface area contributed by atoms with Gasteiger partial charge in [-0.1, -0.05) is 6.92 Å². The van der Waals surface area contributed by atoms with Crippen molar-refractivity contribution >= 4 is 28.5 Å². The van der Waals surface area contributed by atoms with E-state index in [1.165, 1.54) is 24.2 Å². The minimum absolute atomic E-state index is 0.247. The van der Waals surface area contributed by atoms with Crippen molar-refractivity contribution in [3.05, 3.63) is 11.1 Å². The minimum atomic E-state index is -0.814. The van der Waals surface area contributed by atoms with Crippen molar-refractivity contribution in [2.75, 3.05) is 18.4 Å². The smallest absolute Gasteiger partial charge is 0.323 e. The number of carboxylic acids is 1. The summed E-state index contributed by atoms with van der Waals surface area (Å²) in [5, 5.41) is 14.7. The number of nitrogens with one attached hydrogen (secondary N) is 1. The molecule has 2 N–H and O–H groups in total. The van der Waals surface area contributed by atoms with Gasteiger partial charge in [-0.05, 0) is 25.7 Å². The third-order valence-corrected chi connectivity index (χ3v) is 5.28. The second-order valence-corrected chi connectivity index (χ2v) is 6.75. The van der Waals surface area contributed by atoms with Gasteiger partial charge in [0.2, 0.25) is 0 Å². The predicted octanol–water partition coefficient (Wildman–Crippen LogP) is 2.74. The Morgan fingerprint density at radius 2 is 2.33 bits per heavy atom. The van der Waals surface area contributed by atoms with E-state index in [-0.39, 0.29) is 12.6 Å². The molecule has 2 heterocycles. The Kier molecular flexibility index (Phi) is 3.61. The van der Waals surface area contributed by atoms with E-state index in [1.54, 1.807) is 4.90 Å². The number of urea groups is 1. The molecule has 1 saturated heterocycles. The van der Waals surface area contributed by atoms with Gasteiger partial charge in [0.1, 0.15) is 0 Å². The van der Waals surface area contributed by atoms with E-state index in [1.807, 2.05) is 12.3 Å². The number of amides is 2. The highest BCUT2D eigenvalue weighted by Gasteiger charge is 2.44. The zero-order valence-electron chi connectivity index (χ0n) is 12.0. The first-order valence-corrected chi connectivity index (χ1v) is 8.17. The normalized spacial score (nSPS) is 25.1. The van der Waals surface area contributed by atoms with Gasteiger partial charge in [0.25, 0.3) is 0 Å². The summed E-state index contributed by atoms with van der Waals surface area (Å²) in [6, 6.07) is -0.247. The number of aromatic nitrogens is 1. The molecule has 0 aromatic carbocycles. The van der Waals surface area contributed by atoms with Gasteiger partial charge in [0.15, 0.2) is 5.13 Å². The number of anilines is 1. The first kappa shape index (κ1) is 14.3. The number of rotatable bonds is 4. The highest BCUT2D eigenvalue weighted by Crippen LogP contribution is 2.41. The molecule has 1 aliphatic heterocycles. The molecule has 1 aromatic rings. The quantitative estimate of drug-likeness (QED) is 0.896. The molecule has 2 aliphatic rings. The van der Waals surface area contributed by atoms with Gasteiger partial charge in [-0.2, -0.15) is 0 Å². The lowest BCUT2D eigenvalue weighted by Gasteiger charge is -2.22. The van der Waals surface area contributed by atoms with Crippen LogP contribution >= 0.6 is 11.3 Å². The molecule has 1 unspecified atom stereocenters. The fourth-order valence-corrected chi connectivity index (χ4v) is 3.52. The Morgan fingerprint density at radius 1 is 1.57 bits per heavy atom. The number of hydrogen-bond acceptors (Lipinski definition) is 4. The average molecular weight is 309 g/mol. The summed E-state index contributed by atoms with van der Waals surface area (Å²) in [5.41, 5.74) is 0.268. The van der Waals surface area contributed by atoms with Crippen molar-refractivity contribution in [1.82, 2.24) is 9.88 Å². The van der Waals surface area contributed by atoms with E-state index >= 15 is 0 Å². The molecule has 1 atom stereocenters. The van der Waals surface area contributed by atoms with Crippen molar-refractivity contribution in [3.8, 4) is 0 Å². The molecule has 1 aliphatic carbocycles. The second kappa shape index (κ2) is 5.29. The van der Waals surface area contributed by atoms with Crippen LogP contribution in [0.2, 0.25) is 0 Å². The van der Waals surface area contributed by atoms with Crippen molar-refractivity contribution in [2.24, 2.45) is 5.41 Å². The molecular weight excluding hydrogens is 290 g/mol. The fraction of sp³-hybridized carbons (Fsp3) is 0.643. The maximum Gasteiger partial charge on any atom is 0.323 e. The Morgan fingerprint density at radius 3 is 2.90 bits per heavy atom. The summed E-state index contributed by atoms with van der Waals surface area (Å²) >= 11 is 1.43. The highest BCUT2D eigenvalue weighted by atomic mass is 32.1. The first-order chi connectivity index (χ1) is 10.0. The number of carbonyl (C=O) groups is 2. The van der Waals surface area contributed by atoms with Crippen molar-refractivity contribution in [2.45, 2.75) is 38.5 Å². The van der Waals surface area contributed by atoms with E-state index in [2.05, 4.69) is 10.3 Å². The number of nitrogens with zero attached hydrogens (tertiary/aromatic N) is 2. The topological polar surface area (TPSA) is 82.5 Å². The number of likely N-dealkylation sites (tertiary alicyclic amines) is 1. The van der Waals surface area contributed by atoms with Crippen LogP contribution in [-0.4, -0.2) is 40.1 Å². The predicted molar refractivity (Wildman–Crippen MR) is 79.7 cm³/mol. The van der Waals surface area contributed by atoms with Crippen molar-refractivity contribution in [3.63, 3.8) is 0 Å². The maximum atomic E-state index is 12.2. The van der Waals surface area contributed by atoms with Gasteiger partial charge >= 0.3 is 12.0 Å². The third-order valence-electron chi connectivity index (χ3n) is 4.50. The maximum absolute atomic E-state index is 12.2. The van der Waals surface area contributed by atoms with Crippen LogP contribution < -0.4 is 5.32 Å². The van der Waals surface area contributed by atoms with Crippen molar-refractivity contribution in [1.29, 1.82) is 0 Å². The standard InChI is InChI=1S/C14H19N3O3S/c1-2-14(11(18)19)5-6-17(8-14)13(20)16-12-15-10(7-21-12)9-3-4-9/h7,9H,2-6,8H2,1H3,(H,18,19)(H,15,16,20). The lowest BCUT2D eigenvalue weighted by Crippen LogP contribution is -2.38. The number of carbonyl (C=O) groups excluding carboxylic acids is 1. The Labute approximate surface area is 127 Å². The number of hydrogen-bond donors (Lipinski definition) is 2. The van der Waals surface area contributed by atoms with Crippen LogP contribution in [0.4, 0.5) is 9.93 Å². The molecule has 114 valence electrons. The van der Waals surface area contributed by atoms with Gasteiger partial charge in [-0.25, -0.2) is 9.78 Å². The van der Waals surface area contributed by atoms with E-state index in [4.69, 9.17) is 0 Å². The minimum Gasteiger partial charge on any atom is -0.481 e. The van der Waals surface area contributed by atoms with Crippen molar-refractivity contribution < 1.29 is 14.7 Å². The van der Waals surface area contributed by atoms with Crippen LogP contribution in [0, 0.1) is 5.41 Å². The average Bonchev–Trinajstić information content (AvgIpc) is 3.03. The summed E-state index contributed by atoms with van der Waals surface area (Å²) in [6.45, 7) is 2.61. The van der Waals surface area contributed by atoms with E-state index in [0.717, 1.165) is 5.69 Å². The van der Waals surface area contributed by atoms with Gasteiger partial charge in [-0.3, -0.25) is 10.1 Å². The Bertz CT molecular complexity index is 570.